The molecule has 130 heavy (non-hydrogen) atoms. The largest absolute Gasteiger partial charge is 0.435 e. The number of para-hydroxylation sites is 4. The minimum atomic E-state index is -3.18. The predicted molar refractivity (Wildman–Crippen MR) is 529 cm³/mol. The molecule has 22 rings (SSSR count). The van der Waals surface area contributed by atoms with Gasteiger partial charge < -0.3 is 96.1 Å². The van der Waals surface area contributed by atoms with Crippen LogP contribution in [-0.4, -0.2) is 172 Å². The summed E-state index contributed by atoms with van der Waals surface area (Å²) in [5.41, 5.74) is 18.0. The van der Waals surface area contributed by atoms with Crippen LogP contribution in [0.2, 0.25) is 0 Å². The SMILES string of the molecule is [2H]C([2H])([2H])C([2H])(C)N1C=CN(c2cc3c(oc4nc(C)ncc43)c(N3C=CN(C([2H])(C([2H])([2H])[2H])C([2H])([2H])[2H])[C@@H]3C)c2C)[C@@H]1C.[2H]C([2H])([2H])CN1C=CN(c2c(C)c(N3C=CN(C([2H])([2H])C)[C@H]3C)cc3c2oc2nc(C)ncc23)[C@H]1C.[2H]C([2H])([2H])N1C=CN(c2c(C)c(N3C=CN(C)[C@H]3C)cc3c2oc2nc(C)ncc23)[C@H]1C.[2H]C([2H])([2H])N1c2ccccc2N(c2c(C)c(N3c4ccccc4N(C)[C@H]3C)cc3c2oc2nc(C)ncc23)[C@H]1C. The van der Waals surface area contributed by atoms with Gasteiger partial charge in [0.15, 0.2) is 22.3 Å². The maximum Gasteiger partial charge on any atom is 0.230 e. The average molecular weight is 1770 g/mol. The predicted octanol–water partition coefficient (Wildman–Crippen LogP) is 21.6. The lowest BCUT2D eigenvalue weighted by Crippen LogP contribution is -2.41. The summed E-state index contributed by atoms with van der Waals surface area (Å²) in [6.07, 6.45) is 25.2. The first kappa shape index (κ1) is 63.1. The Morgan fingerprint density at radius 3 is 1.16 bits per heavy atom. The smallest absolute Gasteiger partial charge is 0.230 e. The summed E-state index contributed by atoms with van der Waals surface area (Å²) in [4.78, 5) is 65.0. The minimum Gasteiger partial charge on any atom is -0.435 e. The zero-order valence-electron chi connectivity index (χ0n) is 98.4. The van der Waals surface area contributed by atoms with Crippen molar-refractivity contribution in [3.63, 3.8) is 0 Å². The van der Waals surface area contributed by atoms with Crippen LogP contribution in [0.1, 0.15) is 172 Å². The number of furan rings is 4. The van der Waals surface area contributed by atoms with E-state index in [2.05, 4.69) is 135 Å². The van der Waals surface area contributed by atoms with Crippen LogP contribution in [-0.2, 0) is 0 Å². The second-order valence-electron chi connectivity index (χ2n) is 34.0. The number of hydrogen-bond acceptors (Lipinski definition) is 28. The molecule has 9 atom stereocenters. The quantitative estimate of drug-likeness (QED) is 0.111. The van der Waals surface area contributed by atoms with Crippen LogP contribution in [0, 0.1) is 55.4 Å². The van der Waals surface area contributed by atoms with Gasteiger partial charge in [0.1, 0.15) is 72.6 Å². The van der Waals surface area contributed by atoms with Crippen molar-refractivity contribution in [3.05, 3.63) is 218 Å². The molecule has 0 N–H and O–H groups in total. The maximum absolute atomic E-state index is 8.76. The van der Waals surface area contributed by atoms with E-state index in [0.29, 0.717) is 102 Å². The van der Waals surface area contributed by atoms with Crippen molar-refractivity contribution in [1.82, 2.24) is 69.3 Å². The van der Waals surface area contributed by atoms with E-state index in [9.17, 15) is 0 Å². The normalized spacial score (nSPS) is 24.2. The van der Waals surface area contributed by atoms with E-state index in [1.165, 1.54) is 40.9 Å². The van der Waals surface area contributed by atoms with Crippen LogP contribution in [0.3, 0.4) is 0 Å². The summed E-state index contributed by atoms with van der Waals surface area (Å²) < 4.78 is 203. The van der Waals surface area contributed by atoms with Crippen molar-refractivity contribution in [2.75, 3.05) is 90.1 Å². The van der Waals surface area contributed by atoms with E-state index in [1.54, 1.807) is 85.1 Å². The van der Waals surface area contributed by atoms with Crippen LogP contribution < -0.4 is 49.0 Å². The molecule has 672 valence electrons. The number of aryl methyl sites for hydroxylation is 4. The molecule has 0 saturated heterocycles. The number of aromatic nitrogens is 8. The van der Waals surface area contributed by atoms with Gasteiger partial charge in [0.25, 0.3) is 0 Å². The number of nitrogens with zero attached hydrogens (tertiary/aromatic N) is 24. The van der Waals surface area contributed by atoms with Gasteiger partial charge in [0.05, 0.1) is 69.8 Å². The number of benzene rings is 6. The highest BCUT2D eigenvalue weighted by molar-refractivity contribution is 6.15. The molecule has 0 spiro atoms. The molecule has 8 aliphatic heterocycles. The summed E-state index contributed by atoms with van der Waals surface area (Å²) in [6, 6.07) is 19.4. The standard InChI is InChI=1S/C30H30N6O.C26H34N6O.C24H30N6O.C22H26N6O/c1-17-27(35-19(3)33(5)23-11-7-9-13-25(23)35)15-21-22-16-31-18(2)32-30(22)37-29(21)28(17)36-20(4)34(6)24-12-8-10-14-26(24)36;1-15(2)29-9-11-31(19(29)7)23-13-21-22-14-27-18(6)28-26(22)33-25(21)24(17(23)5)32-12-10-30(16(3)4)20(32)8;1-7-27-9-11-29(17(27)5)21-13-19-20-14-25-16(4)26-24(20)31-23(19)22(15(21)3)30-12-10-28(8-2)18(30)6;1-13-19(27-9-7-25(5)15(27)3)11-17-18-12-23-14(2)24-22(18)29-21(17)20(13)28-10-8-26(6)16(28)4/h7-16,19-20H,1-6H3;9-16,19-20H,1-8H3;9-14,17-18H,7-8H2,1-6H3;7-12,15-16H,1-6H3/t2*19-,20+;17-,18+;15-,16+/m1111/s1/i6D3;1D3,3D3,4D3,15D,16D;2D3,7D2;6D3/tm;15?,19-,20+;2m. The average Bonchev–Trinajstić information content (AvgIpc) is 1.54. The van der Waals surface area contributed by atoms with Gasteiger partial charge >= 0.3 is 0 Å². The summed E-state index contributed by atoms with van der Waals surface area (Å²) >= 11 is 0. The molecule has 0 amide bonds. The number of fused-ring (bicyclic) bond motifs is 14. The molecule has 0 saturated carbocycles. The monoisotopic (exact) mass is 1770 g/mol. The van der Waals surface area contributed by atoms with E-state index in [4.69, 9.17) is 47.8 Å². The fourth-order valence-electron chi connectivity index (χ4n) is 19.2. The van der Waals surface area contributed by atoms with Crippen LogP contribution in [0.25, 0.3) is 88.3 Å². The molecule has 6 aromatic carbocycles. The zero-order chi connectivity index (χ0) is 110. The Hall–Kier alpha value is -13.9. The van der Waals surface area contributed by atoms with Crippen molar-refractivity contribution >= 4 is 157 Å². The first-order chi connectivity index (χ1) is 70.9. The third kappa shape index (κ3) is 13.7. The number of rotatable bonds is 12. The highest BCUT2D eigenvalue weighted by atomic mass is 16.4. The van der Waals surface area contributed by atoms with Crippen LogP contribution in [0.4, 0.5) is 68.2 Å². The molecule has 0 aliphatic carbocycles. The molecule has 16 heterocycles. The van der Waals surface area contributed by atoms with Crippen molar-refractivity contribution in [1.29, 1.82) is 0 Å². The van der Waals surface area contributed by atoms with Gasteiger partial charge in [0, 0.05) is 246 Å². The third-order valence-corrected chi connectivity index (χ3v) is 26.7. The molecule has 0 radical (unpaired) electrons. The Bertz CT molecular complexity index is 7980. The lowest BCUT2D eigenvalue weighted by molar-refractivity contribution is 0.263. The van der Waals surface area contributed by atoms with Crippen molar-refractivity contribution in [2.24, 2.45) is 0 Å². The zero-order valence-corrected chi connectivity index (χ0v) is 76.4. The molecule has 8 aliphatic rings. The molecule has 0 fully saturated rings. The van der Waals surface area contributed by atoms with Crippen molar-refractivity contribution in [2.45, 2.75) is 213 Å². The fraction of sp³-hybridized carbons (Fsp3) is 0.373. The molecule has 1 unspecified atom stereocenters. The number of anilines is 12. The lowest BCUT2D eigenvalue weighted by Gasteiger charge is -2.36. The molecule has 8 aromatic heterocycles. The van der Waals surface area contributed by atoms with Crippen LogP contribution in [0.5, 0.6) is 0 Å². The fourth-order valence-corrected chi connectivity index (χ4v) is 19.2. The van der Waals surface area contributed by atoms with Gasteiger partial charge in [-0.3, -0.25) is 0 Å². The van der Waals surface area contributed by atoms with E-state index in [-0.39, 0.29) is 31.2 Å². The highest BCUT2D eigenvalue weighted by Gasteiger charge is 2.42. The van der Waals surface area contributed by atoms with Crippen LogP contribution >= 0.6 is 0 Å². The maximum atomic E-state index is 8.76. The first-order valence-electron chi connectivity index (χ1n) is 54.4. The molecule has 28 heteroatoms. The third-order valence-electron chi connectivity index (χ3n) is 26.7. The highest BCUT2D eigenvalue weighted by Crippen LogP contribution is 2.55. The Balaban J connectivity index is 0.000000127. The second kappa shape index (κ2) is 32.7. The van der Waals surface area contributed by atoms with E-state index >= 15 is 0 Å². The molecular weight excluding hydrogens is 1630 g/mol. The lowest BCUT2D eigenvalue weighted by atomic mass is 10.0. The Morgan fingerprint density at radius 1 is 0.354 bits per heavy atom. The Labute approximate surface area is 791 Å². The Morgan fingerprint density at radius 2 is 0.708 bits per heavy atom. The summed E-state index contributed by atoms with van der Waals surface area (Å²) in [7, 11) is 4.15. The number of hydrogen-bond donors (Lipinski definition) is 0. The van der Waals surface area contributed by atoms with Gasteiger partial charge in [-0.15, -0.1) is 0 Å². The topological polar surface area (TPSA) is 208 Å². The first-order valence-corrected chi connectivity index (χ1v) is 43.4. The van der Waals surface area contributed by atoms with Gasteiger partial charge in [-0.2, -0.15) is 19.9 Å². The second-order valence-corrected chi connectivity index (χ2v) is 34.0. The van der Waals surface area contributed by atoms with Gasteiger partial charge in [0.2, 0.25) is 22.9 Å². The molecular formula is C102H120N24O4. The molecule has 28 nitrogen and oxygen atoms in total. The van der Waals surface area contributed by atoms with E-state index in [1.807, 2.05) is 163 Å². The Kier molecular flexibility index (Phi) is 15.9. The van der Waals surface area contributed by atoms with Gasteiger partial charge in [-0.25, -0.2) is 19.9 Å². The van der Waals surface area contributed by atoms with E-state index in [0.717, 1.165) is 105 Å². The molecule has 14 aromatic rings. The van der Waals surface area contributed by atoms with Crippen LogP contribution in [0.15, 0.2) is 190 Å². The molecule has 0 bridgehead atoms. The summed E-state index contributed by atoms with van der Waals surface area (Å²) in [5, 5.41) is 6.29. The van der Waals surface area contributed by atoms with Gasteiger partial charge in [-0.1, -0.05) is 24.3 Å². The van der Waals surface area contributed by atoms with E-state index < -0.39 is 84.6 Å². The minimum absolute atomic E-state index is 0.0558. The summed E-state index contributed by atoms with van der Waals surface area (Å²) in [5.74, 6) is 2.35. The van der Waals surface area contributed by atoms with Gasteiger partial charge in [-0.05, 0) is 201 Å². The van der Waals surface area contributed by atoms with Crippen molar-refractivity contribution < 1.29 is 47.8 Å². The van der Waals surface area contributed by atoms with Crippen molar-refractivity contribution in [3.8, 4) is 0 Å². The summed E-state index contributed by atoms with van der Waals surface area (Å²) in [6.45, 7) is 16.3.